The molecule has 1 aromatic heterocycles. The van der Waals surface area contributed by atoms with E-state index in [1.807, 2.05) is 0 Å². The van der Waals surface area contributed by atoms with Crippen molar-refractivity contribution in [2.75, 3.05) is 22.5 Å². The number of nitrogen functional groups attached to an aromatic ring is 1. The number of nitrogens with two attached hydrogens (primary N) is 1. The van der Waals surface area contributed by atoms with E-state index in [1.165, 1.54) is 18.5 Å². The molecule has 4 amide bonds. The summed E-state index contributed by atoms with van der Waals surface area (Å²) in [6.07, 6.45) is 2.74. The largest absolute Gasteiger partial charge is 0.382 e. The summed E-state index contributed by atoms with van der Waals surface area (Å²) in [7, 11) is 0. The lowest BCUT2D eigenvalue weighted by molar-refractivity contribution is -0.115. The number of amides is 4. The Hall–Kier alpha value is -3.49. The molecule has 0 saturated carbocycles. The van der Waals surface area contributed by atoms with Crippen LogP contribution >= 0.6 is 0 Å². The molecule has 0 radical (unpaired) electrons. The van der Waals surface area contributed by atoms with Gasteiger partial charge in [0.25, 0.3) is 11.8 Å². The van der Waals surface area contributed by atoms with Crippen LogP contribution in [0.3, 0.4) is 0 Å². The Labute approximate surface area is 130 Å². The number of carbonyl (C=O) groups is 3. The monoisotopic (exact) mass is 312 g/mol. The molecule has 116 valence electrons. The van der Waals surface area contributed by atoms with Gasteiger partial charge < -0.3 is 16.4 Å². The lowest BCUT2D eigenvalue weighted by atomic mass is 10.2. The topological polar surface area (TPSA) is 130 Å². The zero-order valence-electron chi connectivity index (χ0n) is 11.8. The van der Waals surface area contributed by atoms with Crippen molar-refractivity contribution in [3.63, 3.8) is 0 Å². The van der Waals surface area contributed by atoms with Crippen LogP contribution in [0.2, 0.25) is 0 Å². The lowest BCUT2D eigenvalue weighted by Crippen LogP contribution is -2.30. The number of hydrogen-bond donors (Lipinski definition) is 3. The predicted molar refractivity (Wildman–Crippen MR) is 81.7 cm³/mol. The van der Waals surface area contributed by atoms with Gasteiger partial charge in [-0.1, -0.05) is 6.07 Å². The van der Waals surface area contributed by atoms with Gasteiger partial charge in [-0.25, -0.2) is 19.7 Å². The highest BCUT2D eigenvalue weighted by atomic mass is 16.2. The first-order chi connectivity index (χ1) is 11.1. The van der Waals surface area contributed by atoms with Crippen molar-refractivity contribution in [3.05, 3.63) is 42.4 Å². The molecule has 9 nitrogen and oxygen atoms in total. The van der Waals surface area contributed by atoms with Gasteiger partial charge in [0.05, 0.1) is 12.2 Å². The summed E-state index contributed by atoms with van der Waals surface area (Å²) in [6.45, 7) is -0.0500. The van der Waals surface area contributed by atoms with Gasteiger partial charge in [-0.05, 0) is 18.2 Å². The van der Waals surface area contributed by atoms with Crippen molar-refractivity contribution in [3.8, 4) is 0 Å². The number of imide groups is 1. The van der Waals surface area contributed by atoms with Crippen LogP contribution in [0.4, 0.5) is 22.0 Å². The number of rotatable bonds is 3. The van der Waals surface area contributed by atoms with Crippen molar-refractivity contribution in [2.24, 2.45) is 0 Å². The van der Waals surface area contributed by atoms with Gasteiger partial charge in [0.1, 0.15) is 0 Å². The van der Waals surface area contributed by atoms with Gasteiger partial charge in [0.2, 0.25) is 0 Å². The molecule has 1 aliphatic rings. The second-order valence-corrected chi connectivity index (χ2v) is 4.68. The van der Waals surface area contributed by atoms with E-state index in [2.05, 4.69) is 20.6 Å². The minimum absolute atomic E-state index is 0.00658. The summed E-state index contributed by atoms with van der Waals surface area (Å²) in [5.74, 6) is -0.892. The third-order valence-corrected chi connectivity index (χ3v) is 3.15. The Kier molecular flexibility index (Phi) is 3.59. The number of carbonyl (C=O) groups excluding carboxylic acids is 3. The summed E-state index contributed by atoms with van der Waals surface area (Å²) in [6, 6.07) is 5.83. The average Bonchev–Trinajstić information content (AvgIpc) is 2.87. The van der Waals surface area contributed by atoms with Crippen molar-refractivity contribution in [1.29, 1.82) is 0 Å². The summed E-state index contributed by atoms with van der Waals surface area (Å²) < 4.78 is 0. The van der Waals surface area contributed by atoms with Gasteiger partial charge in [-0.3, -0.25) is 9.59 Å². The van der Waals surface area contributed by atoms with Crippen molar-refractivity contribution in [2.45, 2.75) is 0 Å². The summed E-state index contributed by atoms with van der Waals surface area (Å²) in [4.78, 5) is 44.2. The number of hydrogen-bond acceptors (Lipinski definition) is 6. The van der Waals surface area contributed by atoms with E-state index in [0.29, 0.717) is 11.4 Å². The zero-order valence-corrected chi connectivity index (χ0v) is 11.8. The summed E-state index contributed by atoms with van der Waals surface area (Å²) in [5, 5.41) is 5.03. The molecule has 3 rings (SSSR count). The first kappa shape index (κ1) is 14.4. The molecule has 0 aliphatic carbocycles. The maximum atomic E-state index is 12.1. The second-order valence-electron chi connectivity index (χ2n) is 4.68. The van der Waals surface area contributed by atoms with Crippen LogP contribution in [0, 0.1) is 0 Å². The number of nitrogens with zero attached hydrogens (tertiary/aromatic N) is 3. The standard InChI is InChI=1S/C14H12N6O3/c15-12-11(16-4-5-17-12)13(22)19-8-2-1-3-9(6-8)20-10(21)7-18-14(20)23/h1-6H,7H2,(H2,15,17)(H,18,23)(H,19,22). The Morgan fingerprint density at radius 2 is 2.04 bits per heavy atom. The Morgan fingerprint density at radius 1 is 1.26 bits per heavy atom. The fourth-order valence-corrected chi connectivity index (χ4v) is 2.12. The van der Waals surface area contributed by atoms with Gasteiger partial charge in [0, 0.05) is 18.1 Å². The quantitative estimate of drug-likeness (QED) is 0.702. The highest BCUT2D eigenvalue weighted by molar-refractivity contribution is 6.20. The molecular weight excluding hydrogens is 300 g/mol. The van der Waals surface area contributed by atoms with Gasteiger partial charge in [0.15, 0.2) is 11.5 Å². The van der Waals surface area contributed by atoms with Gasteiger partial charge in [-0.2, -0.15) is 0 Å². The molecular formula is C14H12N6O3. The third kappa shape index (κ3) is 2.79. The van der Waals surface area contributed by atoms with Crippen LogP contribution in [-0.2, 0) is 4.79 Å². The normalized spacial score (nSPS) is 13.8. The number of anilines is 3. The van der Waals surface area contributed by atoms with E-state index in [0.717, 1.165) is 4.90 Å². The third-order valence-electron chi connectivity index (χ3n) is 3.15. The fourth-order valence-electron chi connectivity index (χ4n) is 2.12. The van der Waals surface area contributed by atoms with E-state index in [1.54, 1.807) is 18.2 Å². The van der Waals surface area contributed by atoms with Gasteiger partial charge >= 0.3 is 6.03 Å². The number of aromatic nitrogens is 2. The molecule has 1 fully saturated rings. The molecule has 1 saturated heterocycles. The minimum Gasteiger partial charge on any atom is -0.382 e. The van der Waals surface area contributed by atoms with Crippen LogP contribution in [-0.4, -0.2) is 34.4 Å². The second kappa shape index (κ2) is 5.72. The highest BCUT2D eigenvalue weighted by Crippen LogP contribution is 2.22. The molecule has 23 heavy (non-hydrogen) atoms. The van der Waals surface area contributed by atoms with Crippen LogP contribution < -0.4 is 21.3 Å². The molecule has 1 aliphatic heterocycles. The SMILES string of the molecule is Nc1nccnc1C(=O)Nc1cccc(N2C(=O)CNC2=O)c1. The molecule has 9 heteroatoms. The van der Waals surface area contributed by atoms with Crippen LogP contribution in [0.25, 0.3) is 0 Å². The average molecular weight is 312 g/mol. The molecule has 4 N–H and O–H groups in total. The van der Waals surface area contributed by atoms with E-state index in [4.69, 9.17) is 5.73 Å². The Bertz CT molecular complexity index is 791. The molecule has 1 aromatic carbocycles. The van der Waals surface area contributed by atoms with Gasteiger partial charge in [-0.15, -0.1) is 0 Å². The first-order valence-electron chi connectivity index (χ1n) is 6.65. The highest BCUT2D eigenvalue weighted by Gasteiger charge is 2.30. The number of nitrogens with one attached hydrogen (secondary N) is 2. The van der Waals surface area contributed by atoms with Crippen molar-refractivity contribution < 1.29 is 14.4 Å². The first-order valence-corrected chi connectivity index (χ1v) is 6.65. The van der Waals surface area contributed by atoms with Crippen molar-refractivity contribution >= 4 is 35.0 Å². The zero-order chi connectivity index (χ0) is 16.4. The smallest absolute Gasteiger partial charge is 0.329 e. The predicted octanol–water partition coefficient (Wildman–Crippen LogP) is 0.367. The lowest BCUT2D eigenvalue weighted by Gasteiger charge is -2.14. The fraction of sp³-hybridized carbons (Fsp3) is 0.0714. The summed E-state index contributed by atoms with van der Waals surface area (Å²) in [5.41, 5.74) is 6.34. The maximum absolute atomic E-state index is 12.1. The van der Waals surface area contributed by atoms with Crippen LogP contribution in [0.15, 0.2) is 36.7 Å². The molecule has 0 atom stereocenters. The van der Waals surface area contributed by atoms with E-state index >= 15 is 0 Å². The maximum Gasteiger partial charge on any atom is 0.329 e. The minimum atomic E-state index is -0.537. The van der Waals surface area contributed by atoms with Crippen LogP contribution in [0.5, 0.6) is 0 Å². The van der Waals surface area contributed by atoms with E-state index in [9.17, 15) is 14.4 Å². The summed E-state index contributed by atoms with van der Waals surface area (Å²) >= 11 is 0. The molecule has 2 aromatic rings. The molecule has 2 heterocycles. The number of urea groups is 1. The molecule has 0 bridgehead atoms. The molecule has 0 unspecified atom stereocenters. The Morgan fingerprint density at radius 3 is 2.74 bits per heavy atom. The Balaban J connectivity index is 1.83. The molecule has 0 spiro atoms. The van der Waals surface area contributed by atoms with Crippen LogP contribution in [0.1, 0.15) is 10.5 Å². The van der Waals surface area contributed by atoms with E-state index < -0.39 is 11.9 Å². The van der Waals surface area contributed by atoms with E-state index in [-0.39, 0.29) is 24.0 Å². The number of benzene rings is 1. The van der Waals surface area contributed by atoms with Crippen molar-refractivity contribution in [1.82, 2.24) is 15.3 Å².